The first-order valence-corrected chi connectivity index (χ1v) is 9.10. The van der Waals surface area contributed by atoms with Gasteiger partial charge >= 0.3 is 5.97 Å². The zero-order chi connectivity index (χ0) is 19.8. The number of hydrogen-bond acceptors (Lipinski definition) is 6. The summed E-state index contributed by atoms with van der Waals surface area (Å²) >= 11 is 7.22. The summed E-state index contributed by atoms with van der Waals surface area (Å²) in [5.74, 6) is -1.58. The van der Waals surface area contributed by atoms with Crippen LogP contribution in [0.15, 0.2) is 35.7 Å². The Labute approximate surface area is 165 Å². The van der Waals surface area contributed by atoms with E-state index in [0.717, 1.165) is 0 Å². The van der Waals surface area contributed by atoms with Gasteiger partial charge in [0.1, 0.15) is 0 Å². The third-order valence-electron chi connectivity index (χ3n) is 3.51. The van der Waals surface area contributed by atoms with Crippen molar-refractivity contribution in [1.29, 1.82) is 5.26 Å². The first-order chi connectivity index (χ1) is 12.9. The van der Waals surface area contributed by atoms with Crippen LogP contribution >= 0.6 is 22.9 Å². The number of ether oxygens (including phenoxy) is 1. The van der Waals surface area contributed by atoms with Crippen molar-refractivity contribution >= 4 is 46.4 Å². The standard InChI is InChI=1S/C18H16ClN3O4S/c1-22(8-3-7-20)16(23)11-26-18(25)13-6-5-12(19)10-14(13)21-17(24)15-4-2-9-27-15/h2,4-6,9-10H,3,8,11H2,1H3,(H,21,24). The smallest absolute Gasteiger partial charge is 0.340 e. The molecule has 7 nitrogen and oxygen atoms in total. The minimum absolute atomic E-state index is 0.0804. The second-order valence-electron chi connectivity index (χ2n) is 5.42. The maximum absolute atomic E-state index is 12.3. The number of nitriles is 1. The highest BCUT2D eigenvalue weighted by Crippen LogP contribution is 2.23. The number of halogens is 1. The van der Waals surface area contributed by atoms with E-state index in [1.54, 1.807) is 17.5 Å². The third kappa shape index (κ3) is 5.81. The molecule has 0 aliphatic heterocycles. The fourth-order valence-electron chi connectivity index (χ4n) is 2.05. The van der Waals surface area contributed by atoms with Gasteiger partial charge in [-0.15, -0.1) is 11.3 Å². The second kappa shape index (κ2) is 9.71. The molecule has 0 fully saturated rings. The average Bonchev–Trinajstić information content (AvgIpc) is 3.18. The molecule has 0 spiro atoms. The number of benzene rings is 1. The van der Waals surface area contributed by atoms with E-state index in [4.69, 9.17) is 21.6 Å². The molecule has 9 heteroatoms. The van der Waals surface area contributed by atoms with Gasteiger partial charge in [-0.2, -0.15) is 5.26 Å². The molecule has 140 valence electrons. The van der Waals surface area contributed by atoms with Crippen molar-refractivity contribution in [3.05, 3.63) is 51.2 Å². The monoisotopic (exact) mass is 405 g/mol. The van der Waals surface area contributed by atoms with Gasteiger partial charge in [0.15, 0.2) is 6.61 Å². The Morgan fingerprint density at radius 3 is 2.78 bits per heavy atom. The van der Waals surface area contributed by atoms with Gasteiger partial charge in [-0.25, -0.2) is 4.79 Å². The van der Waals surface area contributed by atoms with Crippen LogP contribution in [0.3, 0.4) is 0 Å². The van der Waals surface area contributed by atoms with Gasteiger partial charge in [0.05, 0.1) is 28.6 Å². The molecule has 1 aromatic carbocycles. The van der Waals surface area contributed by atoms with E-state index in [1.165, 1.54) is 41.5 Å². The zero-order valence-electron chi connectivity index (χ0n) is 14.4. The number of hydrogen-bond donors (Lipinski definition) is 1. The Morgan fingerprint density at radius 2 is 2.11 bits per heavy atom. The molecular formula is C18H16ClN3O4S. The number of carbonyl (C=O) groups is 3. The van der Waals surface area contributed by atoms with Crippen molar-refractivity contribution < 1.29 is 19.1 Å². The number of carbonyl (C=O) groups excluding carboxylic acids is 3. The van der Waals surface area contributed by atoms with Crippen LogP contribution in [0.25, 0.3) is 0 Å². The van der Waals surface area contributed by atoms with Gasteiger partial charge in [-0.1, -0.05) is 17.7 Å². The van der Waals surface area contributed by atoms with Crippen molar-refractivity contribution in [2.75, 3.05) is 25.5 Å². The van der Waals surface area contributed by atoms with E-state index >= 15 is 0 Å². The third-order valence-corrected chi connectivity index (χ3v) is 4.61. The Kier molecular flexibility index (Phi) is 7.34. The molecule has 27 heavy (non-hydrogen) atoms. The zero-order valence-corrected chi connectivity index (χ0v) is 16.0. The van der Waals surface area contributed by atoms with Crippen molar-refractivity contribution in [3.8, 4) is 6.07 Å². The maximum Gasteiger partial charge on any atom is 0.340 e. The number of nitrogens with zero attached hydrogens (tertiary/aromatic N) is 2. The van der Waals surface area contributed by atoms with Crippen molar-refractivity contribution in [1.82, 2.24) is 4.90 Å². The van der Waals surface area contributed by atoms with Crippen LogP contribution in [-0.4, -0.2) is 42.9 Å². The average molecular weight is 406 g/mol. The molecule has 1 aromatic heterocycles. The minimum Gasteiger partial charge on any atom is -0.452 e. The number of rotatable bonds is 7. The largest absolute Gasteiger partial charge is 0.452 e. The fourth-order valence-corrected chi connectivity index (χ4v) is 2.84. The highest BCUT2D eigenvalue weighted by Gasteiger charge is 2.18. The number of amides is 2. The lowest BCUT2D eigenvalue weighted by Gasteiger charge is -2.16. The van der Waals surface area contributed by atoms with E-state index in [-0.39, 0.29) is 30.1 Å². The summed E-state index contributed by atoms with van der Waals surface area (Å²) in [6, 6.07) is 9.66. The summed E-state index contributed by atoms with van der Waals surface area (Å²) in [7, 11) is 1.52. The number of nitrogens with one attached hydrogen (secondary N) is 1. The van der Waals surface area contributed by atoms with Crippen LogP contribution in [0.2, 0.25) is 5.02 Å². The fraction of sp³-hybridized carbons (Fsp3) is 0.222. The summed E-state index contributed by atoms with van der Waals surface area (Å²) in [4.78, 5) is 38.3. The van der Waals surface area contributed by atoms with E-state index < -0.39 is 18.5 Å². The molecule has 2 aromatic rings. The van der Waals surface area contributed by atoms with Crippen LogP contribution in [0.5, 0.6) is 0 Å². The number of likely N-dealkylation sites (N-methyl/N-ethyl adjacent to an activating group) is 1. The van der Waals surface area contributed by atoms with E-state index in [1.807, 2.05) is 6.07 Å². The second-order valence-corrected chi connectivity index (χ2v) is 6.81. The molecule has 0 saturated heterocycles. The predicted octanol–water partition coefficient (Wildman–Crippen LogP) is 3.18. The summed E-state index contributed by atoms with van der Waals surface area (Å²) in [6.45, 7) is -0.225. The Morgan fingerprint density at radius 1 is 1.33 bits per heavy atom. The molecule has 0 aliphatic rings. The first-order valence-electron chi connectivity index (χ1n) is 7.85. The summed E-state index contributed by atoms with van der Waals surface area (Å²) < 4.78 is 5.04. The molecule has 0 atom stereocenters. The first kappa shape index (κ1) is 20.4. The number of anilines is 1. The molecule has 0 unspecified atom stereocenters. The normalized spacial score (nSPS) is 9.96. The van der Waals surface area contributed by atoms with Crippen LogP contribution in [0.4, 0.5) is 5.69 Å². The van der Waals surface area contributed by atoms with Gasteiger partial charge < -0.3 is 15.0 Å². The Balaban J connectivity index is 2.06. The van der Waals surface area contributed by atoms with Crippen LogP contribution in [-0.2, 0) is 9.53 Å². The van der Waals surface area contributed by atoms with E-state index in [0.29, 0.717) is 9.90 Å². The van der Waals surface area contributed by atoms with Gasteiger partial charge in [0.25, 0.3) is 11.8 Å². The molecule has 0 aliphatic carbocycles. The molecule has 0 bridgehead atoms. The summed E-state index contributed by atoms with van der Waals surface area (Å²) in [6.07, 6.45) is 0.187. The SMILES string of the molecule is CN(CCC#N)C(=O)COC(=O)c1ccc(Cl)cc1NC(=O)c1cccs1. The van der Waals surface area contributed by atoms with E-state index in [2.05, 4.69) is 5.32 Å². The maximum atomic E-state index is 12.3. The summed E-state index contributed by atoms with van der Waals surface area (Å²) in [5.41, 5.74) is 0.271. The Bertz CT molecular complexity index is 877. The molecule has 1 N–H and O–H groups in total. The summed E-state index contributed by atoms with van der Waals surface area (Å²) in [5, 5.41) is 13.3. The lowest BCUT2D eigenvalue weighted by molar-refractivity contribution is -0.133. The van der Waals surface area contributed by atoms with Crippen molar-refractivity contribution in [2.24, 2.45) is 0 Å². The lowest BCUT2D eigenvalue weighted by atomic mass is 10.1. The van der Waals surface area contributed by atoms with Gasteiger partial charge in [-0.05, 0) is 29.6 Å². The van der Waals surface area contributed by atoms with Crippen molar-refractivity contribution in [3.63, 3.8) is 0 Å². The quantitative estimate of drug-likeness (QED) is 0.713. The molecule has 2 rings (SSSR count). The topological polar surface area (TPSA) is 99.5 Å². The van der Waals surface area contributed by atoms with Crippen LogP contribution < -0.4 is 5.32 Å². The Hall–Kier alpha value is -2.89. The van der Waals surface area contributed by atoms with Gasteiger partial charge in [0, 0.05) is 18.6 Å². The molecule has 0 radical (unpaired) electrons. The molecular weight excluding hydrogens is 390 g/mol. The van der Waals surface area contributed by atoms with Gasteiger partial charge in [0.2, 0.25) is 0 Å². The predicted molar refractivity (Wildman–Crippen MR) is 102 cm³/mol. The highest BCUT2D eigenvalue weighted by molar-refractivity contribution is 7.12. The van der Waals surface area contributed by atoms with E-state index in [9.17, 15) is 14.4 Å². The van der Waals surface area contributed by atoms with Crippen LogP contribution in [0, 0.1) is 11.3 Å². The number of thiophene rings is 1. The highest BCUT2D eigenvalue weighted by atomic mass is 35.5. The minimum atomic E-state index is -0.768. The lowest BCUT2D eigenvalue weighted by Crippen LogP contribution is -2.32. The van der Waals surface area contributed by atoms with Crippen LogP contribution in [0.1, 0.15) is 26.5 Å². The molecule has 2 amide bonds. The molecule has 1 heterocycles. The number of esters is 1. The van der Waals surface area contributed by atoms with Crippen molar-refractivity contribution in [2.45, 2.75) is 6.42 Å². The van der Waals surface area contributed by atoms with Gasteiger partial charge in [-0.3, -0.25) is 9.59 Å². The molecule has 0 saturated carbocycles.